The van der Waals surface area contributed by atoms with E-state index in [9.17, 15) is 9.90 Å². The molecule has 3 heteroatoms. The molecule has 0 aliphatic carbocycles. The molecule has 11 heavy (non-hydrogen) atoms. The van der Waals surface area contributed by atoms with Gasteiger partial charge < -0.3 is 10.0 Å². The summed E-state index contributed by atoms with van der Waals surface area (Å²) >= 11 is 0. The maximum atomic E-state index is 11.0. The first-order chi connectivity index (χ1) is 5.11. The van der Waals surface area contributed by atoms with Gasteiger partial charge in [-0.2, -0.15) is 0 Å². The number of carbonyl (C=O) groups excluding carboxylic acids is 1. The Kier molecular flexibility index (Phi) is 2.49. The normalized spacial score (nSPS) is 32.1. The Morgan fingerprint density at radius 3 is 2.73 bits per heavy atom. The van der Waals surface area contributed by atoms with Gasteiger partial charge in [-0.15, -0.1) is 0 Å². The highest BCUT2D eigenvalue weighted by atomic mass is 16.3. The number of likely N-dealkylation sites (tertiary alicyclic amines) is 1. The van der Waals surface area contributed by atoms with Gasteiger partial charge in [0.05, 0.1) is 6.10 Å². The lowest BCUT2D eigenvalue weighted by molar-refractivity contribution is -0.133. The molecule has 0 radical (unpaired) electrons. The van der Waals surface area contributed by atoms with Crippen molar-refractivity contribution >= 4 is 5.91 Å². The van der Waals surface area contributed by atoms with E-state index in [0.717, 1.165) is 12.8 Å². The summed E-state index contributed by atoms with van der Waals surface area (Å²) in [6.45, 7) is 4.26. The van der Waals surface area contributed by atoms with Crippen LogP contribution in [0.2, 0.25) is 0 Å². The first-order valence-electron chi connectivity index (χ1n) is 4.06. The second-order valence-electron chi connectivity index (χ2n) is 3.24. The van der Waals surface area contributed by atoms with E-state index in [2.05, 4.69) is 0 Å². The molecule has 1 aliphatic heterocycles. The summed E-state index contributed by atoms with van der Waals surface area (Å²) in [7, 11) is 0. The zero-order chi connectivity index (χ0) is 8.43. The van der Waals surface area contributed by atoms with Gasteiger partial charge in [-0.05, 0) is 19.8 Å². The Bertz CT molecular complexity index is 158. The molecule has 1 rings (SSSR count). The van der Waals surface area contributed by atoms with E-state index >= 15 is 0 Å². The van der Waals surface area contributed by atoms with Crippen LogP contribution in [0.1, 0.15) is 26.7 Å². The van der Waals surface area contributed by atoms with E-state index < -0.39 is 0 Å². The molecule has 0 saturated carbocycles. The van der Waals surface area contributed by atoms with Crippen molar-refractivity contribution in [3.05, 3.63) is 0 Å². The van der Waals surface area contributed by atoms with Gasteiger partial charge in [-0.25, -0.2) is 0 Å². The second kappa shape index (κ2) is 3.22. The minimum absolute atomic E-state index is 0.115. The van der Waals surface area contributed by atoms with E-state index in [-0.39, 0.29) is 18.1 Å². The fraction of sp³-hybridized carbons (Fsp3) is 0.875. The number of aliphatic hydroxyl groups excluding tert-OH is 1. The first-order valence-corrected chi connectivity index (χ1v) is 4.06. The second-order valence-corrected chi connectivity index (χ2v) is 3.24. The van der Waals surface area contributed by atoms with E-state index in [0.29, 0.717) is 6.54 Å². The molecule has 3 nitrogen and oxygen atoms in total. The third-order valence-corrected chi connectivity index (χ3v) is 2.25. The molecule has 0 unspecified atom stereocenters. The van der Waals surface area contributed by atoms with Crippen molar-refractivity contribution in [3.8, 4) is 0 Å². The van der Waals surface area contributed by atoms with Gasteiger partial charge in [0.15, 0.2) is 0 Å². The van der Waals surface area contributed by atoms with Crippen molar-refractivity contribution in [2.24, 2.45) is 0 Å². The number of piperidine rings is 1. The Morgan fingerprint density at radius 2 is 2.27 bits per heavy atom. The van der Waals surface area contributed by atoms with Crippen molar-refractivity contribution in [2.75, 3.05) is 6.54 Å². The number of carbonyl (C=O) groups is 1. The fourth-order valence-electron chi connectivity index (χ4n) is 1.62. The summed E-state index contributed by atoms with van der Waals surface area (Å²) in [6.07, 6.45) is 1.24. The zero-order valence-electron chi connectivity index (χ0n) is 7.08. The SMILES string of the molecule is CC(=O)N1CC[C@H](O)C[C@@H]1C. The molecule has 1 fully saturated rings. The molecule has 64 valence electrons. The molecule has 2 atom stereocenters. The van der Waals surface area contributed by atoms with Crippen molar-refractivity contribution in [1.29, 1.82) is 0 Å². The van der Waals surface area contributed by atoms with Crippen LogP contribution in [0, 0.1) is 0 Å². The van der Waals surface area contributed by atoms with Gasteiger partial charge in [-0.1, -0.05) is 0 Å². The zero-order valence-corrected chi connectivity index (χ0v) is 7.08. The molecule has 1 N–H and O–H groups in total. The summed E-state index contributed by atoms with van der Waals surface area (Å²) in [4.78, 5) is 12.8. The van der Waals surface area contributed by atoms with Crippen molar-refractivity contribution in [3.63, 3.8) is 0 Å². The van der Waals surface area contributed by atoms with Crippen LogP contribution in [0.25, 0.3) is 0 Å². The molecule has 0 aromatic rings. The molecule has 1 aliphatic rings. The molecule has 0 aromatic heterocycles. The van der Waals surface area contributed by atoms with E-state index in [4.69, 9.17) is 0 Å². The largest absolute Gasteiger partial charge is 0.393 e. The number of hydrogen-bond acceptors (Lipinski definition) is 2. The highest BCUT2D eigenvalue weighted by Gasteiger charge is 2.25. The number of nitrogens with zero attached hydrogens (tertiary/aromatic N) is 1. The van der Waals surface area contributed by atoms with Crippen molar-refractivity contribution in [2.45, 2.75) is 38.8 Å². The number of amides is 1. The number of hydrogen-bond donors (Lipinski definition) is 1. The predicted molar refractivity (Wildman–Crippen MR) is 42.1 cm³/mol. The fourth-order valence-corrected chi connectivity index (χ4v) is 1.62. The minimum Gasteiger partial charge on any atom is -0.393 e. The lowest BCUT2D eigenvalue weighted by Gasteiger charge is -2.35. The van der Waals surface area contributed by atoms with Crippen LogP contribution in [0.15, 0.2) is 0 Å². The molecular weight excluding hydrogens is 142 g/mol. The number of aliphatic hydroxyl groups is 1. The van der Waals surface area contributed by atoms with E-state index in [1.807, 2.05) is 11.8 Å². The van der Waals surface area contributed by atoms with E-state index in [1.165, 1.54) is 0 Å². The van der Waals surface area contributed by atoms with Crippen molar-refractivity contribution in [1.82, 2.24) is 4.90 Å². The molecule has 0 bridgehead atoms. The highest BCUT2D eigenvalue weighted by Crippen LogP contribution is 2.16. The van der Waals surface area contributed by atoms with Gasteiger partial charge >= 0.3 is 0 Å². The summed E-state index contributed by atoms with van der Waals surface area (Å²) < 4.78 is 0. The molecular formula is C8H15NO2. The summed E-state index contributed by atoms with van der Waals surface area (Å²) in [6, 6.07) is 0.205. The van der Waals surface area contributed by atoms with E-state index in [1.54, 1.807) is 6.92 Å². The molecule has 1 heterocycles. The van der Waals surface area contributed by atoms with Gasteiger partial charge in [0, 0.05) is 19.5 Å². The third-order valence-electron chi connectivity index (χ3n) is 2.25. The maximum Gasteiger partial charge on any atom is 0.219 e. The monoisotopic (exact) mass is 157 g/mol. The average molecular weight is 157 g/mol. The smallest absolute Gasteiger partial charge is 0.219 e. The van der Waals surface area contributed by atoms with Crippen LogP contribution in [0.4, 0.5) is 0 Å². The Balaban J connectivity index is 2.50. The Hall–Kier alpha value is -0.570. The third kappa shape index (κ3) is 1.93. The van der Waals surface area contributed by atoms with Crippen LogP contribution in [0.5, 0.6) is 0 Å². The Labute approximate surface area is 67.0 Å². The quantitative estimate of drug-likeness (QED) is 0.552. The van der Waals surface area contributed by atoms with Gasteiger partial charge in [0.2, 0.25) is 5.91 Å². The molecule has 0 spiro atoms. The summed E-state index contributed by atoms with van der Waals surface area (Å²) in [5, 5.41) is 9.24. The van der Waals surface area contributed by atoms with Gasteiger partial charge in [0.1, 0.15) is 0 Å². The summed E-state index contributed by atoms with van der Waals surface area (Å²) in [5.74, 6) is 0.115. The minimum atomic E-state index is -0.208. The molecule has 0 aromatic carbocycles. The predicted octanol–water partition coefficient (Wildman–Crippen LogP) is 0.378. The summed E-state index contributed by atoms with van der Waals surface area (Å²) in [5.41, 5.74) is 0. The van der Waals surface area contributed by atoms with Crippen molar-refractivity contribution < 1.29 is 9.90 Å². The highest BCUT2D eigenvalue weighted by molar-refractivity contribution is 5.73. The first kappa shape index (κ1) is 8.53. The topological polar surface area (TPSA) is 40.5 Å². The lowest BCUT2D eigenvalue weighted by atomic mass is 10.0. The average Bonchev–Trinajstić information content (AvgIpc) is 1.85. The van der Waals surface area contributed by atoms with Crippen LogP contribution >= 0.6 is 0 Å². The van der Waals surface area contributed by atoms with Gasteiger partial charge in [-0.3, -0.25) is 4.79 Å². The molecule has 1 saturated heterocycles. The standard InChI is InChI=1S/C8H15NO2/c1-6-5-8(11)3-4-9(6)7(2)10/h6,8,11H,3-5H2,1-2H3/t6-,8-/m0/s1. The van der Waals surface area contributed by atoms with Crippen LogP contribution in [0.3, 0.4) is 0 Å². The van der Waals surface area contributed by atoms with Crippen LogP contribution in [-0.4, -0.2) is 34.6 Å². The van der Waals surface area contributed by atoms with Gasteiger partial charge in [0.25, 0.3) is 0 Å². The molecule has 1 amide bonds. The number of rotatable bonds is 0. The van der Waals surface area contributed by atoms with Crippen LogP contribution < -0.4 is 0 Å². The lowest BCUT2D eigenvalue weighted by Crippen LogP contribution is -2.44. The Morgan fingerprint density at radius 1 is 1.64 bits per heavy atom. The van der Waals surface area contributed by atoms with Crippen LogP contribution in [-0.2, 0) is 4.79 Å². The maximum absolute atomic E-state index is 11.0.